The minimum absolute atomic E-state index is 0.0956. The van der Waals surface area contributed by atoms with Gasteiger partial charge in [-0.05, 0) is 25.1 Å². The highest BCUT2D eigenvalue weighted by atomic mass is 35.5. The van der Waals surface area contributed by atoms with Gasteiger partial charge >= 0.3 is 6.03 Å². The number of hydrogen-bond acceptors (Lipinski definition) is 3. The summed E-state index contributed by atoms with van der Waals surface area (Å²) in [5, 5.41) is 3.41. The fraction of sp³-hybridized carbons (Fsp3) is 0.462. The van der Waals surface area contributed by atoms with Crippen molar-refractivity contribution in [2.45, 2.75) is 19.1 Å². The highest BCUT2D eigenvalue weighted by Gasteiger charge is 2.26. The van der Waals surface area contributed by atoms with Crippen LogP contribution in [-0.2, 0) is 4.74 Å². The van der Waals surface area contributed by atoms with E-state index in [-0.39, 0.29) is 18.2 Å². The van der Waals surface area contributed by atoms with Gasteiger partial charge in [0, 0.05) is 23.3 Å². The summed E-state index contributed by atoms with van der Waals surface area (Å²) in [6.45, 7) is 3.46. The topological polar surface area (TPSA) is 67.6 Å². The van der Waals surface area contributed by atoms with Gasteiger partial charge in [-0.25, -0.2) is 4.79 Å². The molecule has 1 aliphatic heterocycles. The zero-order valence-corrected chi connectivity index (χ0v) is 11.6. The van der Waals surface area contributed by atoms with Gasteiger partial charge in [0.1, 0.15) is 0 Å². The second-order valence-electron chi connectivity index (χ2n) is 4.65. The van der Waals surface area contributed by atoms with Crippen molar-refractivity contribution >= 4 is 23.3 Å². The van der Waals surface area contributed by atoms with E-state index < -0.39 is 0 Å². The average molecular weight is 284 g/mol. The van der Waals surface area contributed by atoms with Crippen LogP contribution in [0.4, 0.5) is 10.5 Å². The predicted molar refractivity (Wildman–Crippen MR) is 75.4 cm³/mol. The average Bonchev–Trinajstić information content (AvgIpc) is 2.39. The Labute approximate surface area is 117 Å². The molecule has 0 radical (unpaired) electrons. The SMILES string of the molecule is CC(N)C1CN(C(=O)Nc2cccc(Cl)c2)CCO1. The van der Waals surface area contributed by atoms with Gasteiger partial charge in [-0.1, -0.05) is 17.7 Å². The van der Waals surface area contributed by atoms with Gasteiger partial charge in [0.2, 0.25) is 0 Å². The lowest BCUT2D eigenvalue weighted by molar-refractivity contribution is -0.0220. The van der Waals surface area contributed by atoms with Crippen molar-refractivity contribution in [1.29, 1.82) is 0 Å². The minimum Gasteiger partial charge on any atom is -0.373 e. The van der Waals surface area contributed by atoms with Crippen molar-refractivity contribution in [3.63, 3.8) is 0 Å². The molecule has 0 aromatic heterocycles. The molecule has 2 amide bonds. The number of carbonyl (C=O) groups excluding carboxylic acids is 1. The number of benzene rings is 1. The third-order valence-corrected chi connectivity index (χ3v) is 3.28. The molecule has 1 aromatic carbocycles. The van der Waals surface area contributed by atoms with Crippen LogP contribution in [0.1, 0.15) is 6.92 Å². The zero-order chi connectivity index (χ0) is 13.8. The van der Waals surface area contributed by atoms with Crippen molar-refractivity contribution < 1.29 is 9.53 Å². The van der Waals surface area contributed by atoms with Gasteiger partial charge < -0.3 is 20.7 Å². The van der Waals surface area contributed by atoms with Crippen molar-refractivity contribution in [2.75, 3.05) is 25.0 Å². The van der Waals surface area contributed by atoms with E-state index >= 15 is 0 Å². The molecule has 5 nitrogen and oxygen atoms in total. The molecule has 3 N–H and O–H groups in total. The molecule has 0 saturated carbocycles. The number of carbonyl (C=O) groups is 1. The Morgan fingerprint density at radius 1 is 1.63 bits per heavy atom. The van der Waals surface area contributed by atoms with Gasteiger partial charge in [-0.3, -0.25) is 0 Å². The molecular weight excluding hydrogens is 266 g/mol. The van der Waals surface area contributed by atoms with Crippen LogP contribution in [0, 0.1) is 0 Å². The number of ether oxygens (including phenoxy) is 1. The Morgan fingerprint density at radius 2 is 2.42 bits per heavy atom. The standard InChI is InChI=1S/C13H18ClN3O2/c1-9(15)12-8-17(5-6-19-12)13(18)16-11-4-2-3-10(14)7-11/h2-4,7,9,12H,5-6,8,15H2,1H3,(H,16,18). The summed E-state index contributed by atoms with van der Waals surface area (Å²) in [7, 11) is 0. The van der Waals surface area contributed by atoms with Gasteiger partial charge in [0.15, 0.2) is 0 Å². The quantitative estimate of drug-likeness (QED) is 0.871. The van der Waals surface area contributed by atoms with Crippen molar-refractivity contribution in [2.24, 2.45) is 5.73 Å². The van der Waals surface area contributed by atoms with Crippen LogP contribution >= 0.6 is 11.6 Å². The zero-order valence-electron chi connectivity index (χ0n) is 10.8. The lowest BCUT2D eigenvalue weighted by Crippen LogP contribution is -2.52. The number of morpholine rings is 1. The molecular formula is C13H18ClN3O2. The molecule has 1 fully saturated rings. The monoisotopic (exact) mass is 283 g/mol. The summed E-state index contributed by atoms with van der Waals surface area (Å²) >= 11 is 5.88. The van der Waals surface area contributed by atoms with Gasteiger partial charge in [-0.2, -0.15) is 0 Å². The molecule has 0 aliphatic carbocycles. The molecule has 2 atom stereocenters. The molecule has 2 rings (SSSR count). The summed E-state index contributed by atoms with van der Waals surface area (Å²) < 4.78 is 5.52. The second-order valence-corrected chi connectivity index (χ2v) is 5.09. The molecule has 6 heteroatoms. The first-order chi connectivity index (χ1) is 9.06. The van der Waals surface area contributed by atoms with Crippen LogP contribution in [0.3, 0.4) is 0 Å². The summed E-state index contributed by atoms with van der Waals surface area (Å²) in [6, 6.07) is 6.81. The number of amides is 2. The number of nitrogens with one attached hydrogen (secondary N) is 1. The second kappa shape index (κ2) is 6.23. The van der Waals surface area contributed by atoms with Crippen LogP contribution < -0.4 is 11.1 Å². The molecule has 0 spiro atoms. The third-order valence-electron chi connectivity index (χ3n) is 3.04. The third kappa shape index (κ3) is 3.83. The van der Waals surface area contributed by atoms with E-state index in [1.165, 1.54) is 0 Å². The first-order valence-corrected chi connectivity index (χ1v) is 6.63. The molecule has 2 unspecified atom stereocenters. The van der Waals surface area contributed by atoms with Crippen LogP contribution in [0.25, 0.3) is 0 Å². The summed E-state index contributed by atoms with van der Waals surface area (Å²) in [6.07, 6.45) is -0.112. The van der Waals surface area contributed by atoms with E-state index in [9.17, 15) is 4.79 Å². The number of halogens is 1. The van der Waals surface area contributed by atoms with Crippen LogP contribution in [0.2, 0.25) is 5.02 Å². The van der Waals surface area contributed by atoms with E-state index in [4.69, 9.17) is 22.1 Å². The molecule has 104 valence electrons. The number of hydrogen-bond donors (Lipinski definition) is 2. The smallest absolute Gasteiger partial charge is 0.322 e. The van der Waals surface area contributed by atoms with E-state index in [0.717, 1.165) is 0 Å². The molecule has 1 aromatic rings. The van der Waals surface area contributed by atoms with E-state index in [2.05, 4.69) is 5.32 Å². The predicted octanol–water partition coefficient (Wildman–Crippen LogP) is 1.92. The van der Waals surface area contributed by atoms with Crippen LogP contribution in [0.15, 0.2) is 24.3 Å². The number of nitrogens with two attached hydrogens (primary N) is 1. The Morgan fingerprint density at radius 3 is 3.11 bits per heavy atom. The lowest BCUT2D eigenvalue weighted by atomic mass is 10.1. The Balaban J connectivity index is 1.96. The fourth-order valence-electron chi connectivity index (χ4n) is 1.95. The summed E-state index contributed by atoms with van der Waals surface area (Å²) in [5.41, 5.74) is 6.48. The Kier molecular flexibility index (Phi) is 4.63. The highest BCUT2D eigenvalue weighted by molar-refractivity contribution is 6.30. The highest BCUT2D eigenvalue weighted by Crippen LogP contribution is 2.16. The molecule has 19 heavy (non-hydrogen) atoms. The molecule has 1 saturated heterocycles. The first-order valence-electron chi connectivity index (χ1n) is 6.25. The Hall–Kier alpha value is -1.30. The van der Waals surface area contributed by atoms with Gasteiger partial charge in [0.05, 0.1) is 19.3 Å². The van der Waals surface area contributed by atoms with Gasteiger partial charge in [-0.15, -0.1) is 0 Å². The number of urea groups is 1. The van der Waals surface area contributed by atoms with Crippen molar-refractivity contribution in [3.8, 4) is 0 Å². The lowest BCUT2D eigenvalue weighted by Gasteiger charge is -2.34. The molecule has 1 aliphatic rings. The minimum atomic E-state index is -0.156. The van der Waals surface area contributed by atoms with E-state index in [0.29, 0.717) is 30.4 Å². The Bertz CT molecular complexity index is 453. The van der Waals surface area contributed by atoms with E-state index in [1.54, 1.807) is 29.2 Å². The number of anilines is 1. The maximum atomic E-state index is 12.1. The normalized spacial score (nSPS) is 21.0. The number of rotatable bonds is 2. The summed E-state index contributed by atoms with van der Waals surface area (Å²) in [4.78, 5) is 13.8. The van der Waals surface area contributed by atoms with Crippen molar-refractivity contribution in [3.05, 3.63) is 29.3 Å². The summed E-state index contributed by atoms with van der Waals surface area (Å²) in [5.74, 6) is 0. The molecule has 0 bridgehead atoms. The molecule has 1 heterocycles. The van der Waals surface area contributed by atoms with Crippen LogP contribution in [-0.4, -0.2) is 42.8 Å². The van der Waals surface area contributed by atoms with Crippen LogP contribution in [0.5, 0.6) is 0 Å². The fourth-order valence-corrected chi connectivity index (χ4v) is 2.14. The number of nitrogens with zero attached hydrogens (tertiary/aromatic N) is 1. The van der Waals surface area contributed by atoms with Crippen molar-refractivity contribution in [1.82, 2.24) is 4.90 Å². The van der Waals surface area contributed by atoms with E-state index in [1.807, 2.05) is 6.92 Å². The van der Waals surface area contributed by atoms with Gasteiger partial charge in [0.25, 0.3) is 0 Å². The largest absolute Gasteiger partial charge is 0.373 e. The maximum Gasteiger partial charge on any atom is 0.322 e. The maximum absolute atomic E-state index is 12.1. The first kappa shape index (κ1) is 14.1.